The van der Waals surface area contributed by atoms with Crippen LogP contribution in [0, 0.1) is 0 Å². The maximum atomic E-state index is 5.79. The van der Waals surface area contributed by atoms with Crippen molar-refractivity contribution < 1.29 is 0 Å². The van der Waals surface area contributed by atoms with Crippen LogP contribution in [0.15, 0.2) is 29.8 Å². The first-order valence-corrected chi connectivity index (χ1v) is 4.87. The molecule has 0 radical (unpaired) electrons. The van der Waals surface area contributed by atoms with E-state index in [2.05, 4.69) is 5.32 Å². The van der Waals surface area contributed by atoms with E-state index >= 15 is 0 Å². The first kappa shape index (κ1) is 10.7. The number of benzene rings is 1. The van der Waals surface area contributed by atoms with Crippen molar-refractivity contribution in [3.63, 3.8) is 0 Å². The molecule has 1 rings (SSSR count). The average molecular weight is 237 g/mol. The van der Waals surface area contributed by atoms with Crippen LogP contribution in [0.4, 0.5) is 5.69 Å². The zero-order chi connectivity index (χ0) is 9.68. The van der Waals surface area contributed by atoms with E-state index in [1.165, 1.54) is 5.54 Å². The van der Waals surface area contributed by atoms with E-state index in [1.807, 2.05) is 0 Å². The van der Waals surface area contributed by atoms with Gasteiger partial charge in [-0.2, -0.15) is 0 Å². The molecule has 4 heteroatoms. The van der Waals surface area contributed by atoms with Crippen LogP contribution < -0.4 is 5.32 Å². The Morgan fingerprint density at radius 3 is 2.31 bits per heavy atom. The van der Waals surface area contributed by atoms with Crippen molar-refractivity contribution in [2.75, 3.05) is 11.9 Å². The van der Waals surface area contributed by atoms with E-state index < -0.39 is 0 Å². The van der Waals surface area contributed by atoms with Gasteiger partial charge >= 0.3 is 0 Å². The van der Waals surface area contributed by atoms with Crippen molar-refractivity contribution >= 4 is 40.5 Å². The zero-order valence-corrected chi connectivity index (χ0v) is 9.00. The molecular weight excluding hydrogens is 228 g/mol. The standard InChI is InChI=1S/C9H8Cl3N/c10-2-1-3-13-9-5-7(11)4-8(12)6-9/h1-2,4-6,13H,3H2/b2-1+. The van der Waals surface area contributed by atoms with Gasteiger partial charge in [-0.3, -0.25) is 0 Å². The number of hydrogen-bond donors (Lipinski definition) is 1. The Morgan fingerprint density at radius 2 is 1.77 bits per heavy atom. The number of hydrogen-bond acceptors (Lipinski definition) is 1. The summed E-state index contributed by atoms with van der Waals surface area (Å²) in [6, 6.07) is 5.29. The lowest BCUT2D eigenvalue weighted by Gasteiger charge is -2.03. The van der Waals surface area contributed by atoms with Gasteiger partial charge in [0.05, 0.1) is 0 Å². The monoisotopic (exact) mass is 235 g/mol. The van der Waals surface area contributed by atoms with E-state index in [-0.39, 0.29) is 0 Å². The first-order valence-electron chi connectivity index (χ1n) is 3.67. The molecule has 0 aliphatic carbocycles. The molecule has 0 heterocycles. The molecule has 70 valence electrons. The smallest absolute Gasteiger partial charge is 0.0441 e. The number of halogens is 3. The molecule has 0 saturated carbocycles. The van der Waals surface area contributed by atoms with Crippen molar-refractivity contribution in [2.24, 2.45) is 0 Å². The van der Waals surface area contributed by atoms with Gasteiger partial charge in [0.25, 0.3) is 0 Å². The Hall–Kier alpha value is -0.370. The molecule has 0 saturated heterocycles. The molecule has 0 atom stereocenters. The third-order valence-corrected chi connectivity index (χ3v) is 1.99. The van der Waals surface area contributed by atoms with Crippen LogP contribution in [0.3, 0.4) is 0 Å². The predicted octanol–water partition coefficient (Wildman–Crippen LogP) is 4.16. The van der Waals surface area contributed by atoms with Gasteiger partial charge in [-0.15, -0.1) is 0 Å². The minimum Gasteiger partial charge on any atom is -0.381 e. The van der Waals surface area contributed by atoms with Crippen molar-refractivity contribution in [1.29, 1.82) is 0 Å². The molecule has 0 spiro atoms. The van der Waals surface area contributed by atoms with Gasteiger partial charge in [0, 0.05) is 27.8 Å². The molecule has 0 aliphatic heterocycles. The van der Waals surface area contributed by atoms with Crippen molar-refractivity contribution in [3.05, 3.63) is 39.9 Å². The zero-order valence-electron chi connectivity index (χ0n) is 6.73. The van der Waals surface area contributed by atoms with Crippen molar-refractivity contribution in [1.82, 2.24) is 0 Å². The third kappa shape index (κ3) is 3.90. The largest absolute Gasteiger partial charge is 0.381 e. The highest BCUT2D eigenvalue weighted by molar-refractivity contribution is 6.35. The summed E-state index contributed by atoms with van der Waals surface area (Å²) in [6.07, 6.45) is 1.79. The summed E-state index contributed by atoms with van der Waals surface area (Å²) in [5.41, 5.74) is 2.34. The molecule has 1 nitrogen and oxygen atoms in total. The average Bonchev–Trinajstić information content (AvgIpc) is 2.03. The van der Waals surface area contributed by atoms with Gasteiger partial charge < -0.3 is 5.32 Å². The predicted molar refractivity (Wildman–Crippen MR) is 59.9 cm³/mol. The van der Waals surface area contributed by atoms with E-state index in [4.69, 9.17) is 34.8 Å². The fraction of sp³-hybridized carbons (Fsp3) is 0.111. The van der Waals surface area contributed by atoms with Crippen LogP contribution in [-0.4, -0.2) is 6.54 Å². The summed E-state index contributed by atoms with van der Waals surface area (Å²) in [4.78, 5) is 0. The fourth-order valence-electron chi connectivity index (χ4n) is 0.877. The van der Waals surface area contributed by atoms with Crippen LogP contribution in [0.5, 0.6) is 0 Å². The van der Waals surface area contributed by atoms with Crippen LogP contribution in [0.25, 0.3) is 0 Å². The first-order chi connectivity index (χ1) is 6.22. The molecule has 1 aromatic carbocycles. The summed E-state index contributed by atoms with van der Waals surface area (Å²) >= 11 is 16.9. The molecule has 1 aromatic rings. The summed E-state index contributed by atoms with van der Waals surface area (Å²) in [6.45, 7) is 0.653. The number of nitrogens with one attached hydrogen (secondary N) is 1. The summed E-state index contributed by atoms with van der Waals surface area (Å²) in [5, 5.41) is 4.32. The second kappa shape index (κ2) is 5.38. The highest BCUT2D eigenvalue weighted by Crippen LogP contribution is 2.22. The number of anilines is 1. The maximum absolute atomic E-state index is 5.79. The van der Waals surface area contributed by atoms with E-state index in [0.29, 0.717) is 16.6 Å². The lowest BCUT2D eigenvalue weighted by atomic mass is 10.3. The highest BCUT2D eigenvalue weighted by atomic mass is 35.5. The van der Waals surface area contributed by atoms with E-state index in [0.717, 1.165) is 5.69 Å². The molecule has 0 amide bonds. The van der Waals surface area contributed by atoms with Gasteiger partial charge in [0.1, 0.15) is 0 Å². The topological polar surface area (TPSA) is 12.0 Å². The third-order valence-electron chi connectivity index (χ3n) is 1.38. The van der Waals surface area contributed by atoms with Gasteiger partial charge in [-0.1, -0.05) is 40.9 Å². The van der Waals surface area contributed by atoms with Gasteiger partial charge in [-0.25, -0.2) is 0 Å². The van der Waals surface area contributed by atoms with Gasteiger partial charge in [0.15, 0.2) is 0 Å². The second-order valence-corrected chi connectivity index (χ2v) is 3.53. The maximum Gasteiger partial charge on any atom is 0.0441 e. The Kier molecular flexibility index (Phi) is 4.43. The Morgan fingerprint density at radius 1 is 1.15 bits per heavy atom. The van der Waals surface area contributed by atoms with E-state index in [9.17, 15) is 0 Å². The molecule has 13 heavy (non-hydrogen) atoms. The van der Waals surface area contributed by atoms with Crippen LogP contribution in [0.1, 0.15) is 0 Å². The van der Waals surface area contributed by atoms with Crippen LogP contribution in [0.2, 0.25) is 10.0 Å². The second-order valence-electron chi connectivity index (χ2n) is 2.40. The molecule has 0 fully saturated rings. The lowest BCUT2D eigenvalue weighted by molar-refractivity contribution is 1.34. The van der Waals surface area contributed by atoms with Crippen LogP contribution in [-0.2, 0) is 0 Å². The Balaban J connectivity index is 2.66. The quantitative estimate of drug-likeness (QED) is 0.831. The Labute approximate surface area is 92.3 Å². The van der Waals surface area contributed by atoms with Crippen molar-refractivity contribution in [3.8, 4) is 0 Å². The summed E-state index contributed by atoms with van der Waals surface area (Å²) < 4.78 is 0. The normalized spacial score (nSPS) is 10.7. The molecule has 0 aromatic heterocycles. The Bertz CT molecular complexity index is 289. The minimum atomic E-state index is 0.616. The van der Waals surface area contributed by atoms with Crippen LogP contribution >= 0.6 is 34.8 Å². The van der Waals surface area contributed by atoms with Crippen molar-refractivity contribution in [2.45, 2.75) is 0 Å². The summed E-state index contributed by atoms with van der Waals surface area (Å²) in [7, 11) is 0. The molecule has 0 bridgehead atoms. The number of rotatable bonds is 3. The van der Waals surface area contributed by atoms with Gasteiger partial charge in [0.2, 0.25) is 0 Å². The molecular formula is C9H8Cl3N. The molecule has 1 N–H and O–H groups in total. The fourth-order valence-corrected chi connectivity index (χ4v) is 1.49. The SMILES string of the molecule is Cl/C=C/CNc1cc(Cl)cc(Cl)c1. The highest BCUT2D eigenvalue weighted by Gasteiger charge is 1.95. The van der Waals surface area contributed by atoms with E-state index in [1.54, 1.807) is 24.3 Å². The van der Waals surface area contributed by atoms with Gasteiger partial charge in [-0.05, 0) is 18.2 Å². The summed E-state index contributed by atoms with van der Waals surface area (Å²) in [5.74, 6) is 0. The minimum absolute atomic E-state index is 0.616. The lowest BCUT2D eigenvalue weighted by Crippen LogP contribution is -1.97. The molecule has 0 unspecified atom stereocenters. The molecule has 0 aliphatic rings.